The summed E-state index contributed by atoms with van der Waals surface area (Å²) in [6, 6.07) is 14.7. The summed E-state index contributed by atoms with van der Waals surface area (Å²) in [6.45, 7) is 6.51. The standard InChI is InChI=1S/C21H26N2O3/c1-5-23(21(25)17-12-10-16(11-13-17)15(2)3)14-20(24)22-18-8-6-7-9-19(18)26-4/h6-13,15H,5,14H2,1-4H3,(H,22,24). The second-order valence-corrected chi connectivity index (χ2v) is 6.34. The molecule has 5 heteroatoms. The Morgan fingerprint density at radius 1 is 1.08 bits per heavy atom. The van der Waals surface area contributed by atoms with E-state index >= 15 is 0 Å². The fourth-order valence-corrected chi connectivity index (χ4v) is 2.63. The molecule has 2 rings (SSSR count). The van der Waals surface area contributed by atoms with Gasteiger partial charge < -0.3 is 15.0 Å². The quantitative estimate of drug-likeness (QED) is 0.820. The van der Waals surface area contributed by atoms with Crippen LogP contribution in [0.15, 0.2) is 48.5 Å². The number of anilines is 1. The molecule has 0 atom stereocenters. The largest absolute Gasteiger partial charge is 0.495 e. The van der Waals surface area contributed by atoms with Crippen molar-refractivity contribution in [3.63, 3.8) is 0 Å². The van der Waals surface area contributed by atoms with E-state index in [1.165, 1.54) is 10.5 Å². The van der Waals surface area contributed by atoms with E-state index in [1.807, 2.05) is 43.3 Å². The molecule has 2 aromatic carbocycles. The zero-order valence-corrected chi connectivity index (χ0v) is 15.8. The number of nitrogens with zero attached hydrogens (tertiary/aromatic N) is 1. The minimum Gasteiger partial charge on any atom is -0.495 e. The van der Waals surface area contributed by atoms with Gasteiger partial charge in [0.05, 0.1) is 12.8 Å². The summed E-state index contributed by atoms with van der Waals surface area (Å²) in [5, 5.41) is 2.80. The van der Waals surface area contributed by atoms with Crippen molar-refractivity contribution in [3.8, 4) is 5.75 Å². The van der Waals surface area contributed by atoms with E-state index in [-0.39, 0.29) is 18.4 Å². The highest BCUT2D eigenvalue weighted by Gasteiger charge is 2.18. The third-order valence-electron chi connectivity index (χ3n) is 4.21. The first-order chi connectivity index (χ1) is 12.5. The number of ether oxygens (including phenoxy) is 1. The predicted molar refractivity (Wildman–Crippen MR) is 104 cm³/mol. The van der Waals surface area contributed by atoms with Gasteiger partial charge in [0, 0.05) is 12.1 Å². The minimum absolute atomic E-state index is 0.0146. The summed E-state index contributed by atoms with van der Waals surface area (Å²) >= 11 is 0. The third-order valence-corrected chi connectivity index (χ3v) is 4.21. The smallest absolute Gasteiger partial charge is 0.254 e. The molecule has 0 aliphatic carbocycles. The van der Waals surface area contributed by atoms with Crippen molar-refractivity contribution < 1.29 is 14.3 Å². The number of nitrogens with one attached hydrogen (secondary N) is 1. The van der Waals surface area contributed by atoms with Gasteiger partial charge in [-0.1, -0.05) is 38.1 Å². The molecule has 0 spiro atoms. The molecule has 0 aliphatic rings. The first kappa shape index (κ1) is 19.5. The molecule has 0 radical (unpaired) electrons. The summed E-state index contributed by atoms with van der Waals surface area (Å²) in [5.41, 5.74) is 2.35. The monoisotopic (exact) mass is 354 g/mol. The molecule has 2 amide bonds. The lowest BCUT2D eigenvalue weighted by molar-refractivity contribution is -0.116. The number of methoxy groups -OCH3 is 1. The van der Waals surface area contributed by atoms with E-state index in [9.17, 15) is 9.59 Å². The molecular formula is C21H26N2O3. The van der Waals surface area contributed by atoms with Crippen molar-refractivity contribution in [2.45, 2.75) is 26.7 Å². The van der Waals surface area contributed by atoms with Gasteiger partial charge in [-0.2, -0.15) is 0 Å². The van der Waals surface area contributed by atoms with E-state index in [4.69, 9.17) is 4.74 Å². The zero-order chi connectivity index (χ0) is 19.1. The van der Waals surface area contributed by atoms with Gasteiger partial charge in [-0.25, -0.2) is 0 Å². The van der Waals surface area contributed by atoms with Crippen LogP contribution >= 0.6 is 0 Å². The molecule has 26 heavy (non-hydrogen) atoms. The highest BCUT2D eigenvalue weighted by atomic mass is 16.5. The first-order valence-electron chi connectivity index (χ1n) is 8.78. The Labute approximate surface area is 155 Å². The molecule has 0 saturated heterocycles. The maximum Gasteiger partial charge on any atom is 0.254 e. The average Bonchev–Trinajstić information content (AvgIpc) is 2.66. The summed E-state index contributed by atoms with van der Waals surface area (Å²) in [4.78, 5) is 26.6. The Hall–Kier alpha value is -2.82. The van der Waals surface area contributed by atoms with Crippen molar-refractivity contribution in [2.75, 3.05) is 25.5 Å². The second-order valence-electron chi connectivity index (χ2n) is 6.34. The van der Waals surface area contributed by atoms with Crippen molar-refractivity contribution in [2.24, 2.45) is 0 Å². The summed E-state index contributed by atoms with van der Waals surface area (Å²) in [6.07, 6.45) is 0. The molecule has 138 valence electrons. The van der Waals surface area contributed by atoms with Gasteiger partial charge in [-0.3, -0.25) is 9.59 Å². The molecule has 0 aromatic heterocycles. The lowest BCUT2D eigenvalue weighted by Gasteiger charge is -2.21. The highest BCUT2D eigenvalue weighted by Crippen LogP contribution is 2.23. The normalized spacial score (nSPS) is 10.5. The van der Waals surface area contributed by atoms with Gasteiger partial charge in [0.25, 0.3) is 5.91 Å². The number of likely N-dealkylation sites (N-methyl/N-ethyl adjacent to an activating group) is 1. The van der Waals surface area contributed by atoms with Crippen LogP contribution in [0.5, 0.6) is 5.75 Å². The van der Waals surface area contributed by atoms with Gasteiger partial charge in [-0.15, -0.1) is 0 Å². The molecular weight excluding hydrogens is 328 g/mol. The molecule has 0 fully saturated rings. The minimum atomic E-state index is -0.261. The van der Waals surface area contributed by atoms with Crippen LogP contribution in [0.2, 0.25) is 0 Å². The molecule has 1 N–H and O–H groups in total. The summed E-state index contributed by atoms with van der Waals surface area (Å²) < 4.78 is 5.23. The number of hydrogen-bond donors (Lipinski definition) is 1. The lowest BCUT2D eigenvalue weighted by Crippen LogP contribution is -2.37. The fraction of sp³-hybridized carbons (Fsp3) is 0.333. The van der Waals surface area contributed by atoms with E-state index in [0.717, 1.165) is 0 Å². The number of benzene rings is 2. The van der Waals surface area contributed by atoms with Gasteiger partial charge in [0.2, 0.25) is 5.91 Å². The van der Waals surface area contributed by atoms with Crippen LogP contribution in [-0.2, 0) is 4.79 Å². The number of amides is 2. The van der Waals surface area contributed by atoms with Gasteiger partial charge in [0.1, 0.15) is 12.3 Å². The Balaban J connectivity index is 2.05. The number of carbonyl (C=O) groups is 2. The maximum absolute atomic E-state index is 12.7. The summed E-state index contributed by atoms with van der Waals surface area (Å²) in [7, 11) is 1.55. The molecule has 5 nitrogen and oxygen atoms in total. The number of para-hydroxylation sites is 2. The van der Waals surface area contributed by atoms with Crippen LogP contribution in [0.1, 0.15) is 42.6 Å². The predicted octanol–water partition coefficient (Wildman–Crippen LogP) is 3.92. The van der Waals surface area contributed by atoms with Crippen molar-refractivity contribution in [1.29, 1.82) is 0 Å². The van der Waals surface area contributed by atoms with Crippen LogP contribution < -0.4 is 10.1 Å². The Bertz CT molecular complexity index is 754. The van der Waals surface area contributed by atoms with Crippen LogP contribution in [0.25, 0.3) is 0 Å². The first-order valence-corrected chi connectivity index (χ1v) is 8.78. The van der Waals surface area contributed by atoms with Crippen molar-refractivity contribution in [3.05, 3.63) is 59.7 Å². The molecule has 0 bridgehead atoms. The highest BCUT2D eigenvalue weighted by molar-refractivity contribution is 5.99. The Kier molecular flexibility index (Phi) is 6.78. The van der Waals surface area contributed by atoms with E-state index in [0.29, 0.717) is 29.5 Å². The SMILES string of the molecule is CCN(CC(=O)Nc1ccccc1OC)C(=O)c1ccc(C(C)C)cc1. The number of carbonyl (C=O) groups excluding carboxylic acids is 2. The van der Waals surface area contributed by atoms with Crippen molar-refractivity contribution in [1.82, 2.24) is 4.90 Å². The van der Waals surface area contributed by atoms with Crippen LogP contribution in [0, 0.1) is 0 Å². The molecule has 0 heterocycles. The summed E-state index contributed by atoms with van der Waals surface area (Å²) in [5.74, 6) is 0.578. The average molecular weight is 354 g/mol. The number of rotatable bonds is 7. The van der Waals surface area contributed by atoms with E-state index in [1.54, 1.807) is 19.2 Å². The van der Waals surface area contributed by atoms with Gasteiger partial charge >= 0.3 is 0 Å². The lowest BCUT2D eigenvalue weighted by atomic mass is 10.0. The fourth-order valence-electron chi connectivity index (χ4n) is 2.63. The maximum atomic E-state index is 12.7. The van der Waals surface area contributed by atoms with Crippen LogP contribution in [-0.4, -0.2) is 36.9 Å². The van der Waals surface area contributed by atoms with E-state index in [2.05, 4.69) is 19.2 Å². The molecule has 0 aliphatic heterocycles. The van der Waals surface area contributed by atoms with E-state index < -0.39 is 0 Å². The Morgan fingerprint density at radius 3 is 2.31 bits per heavy atom. The molecule has 2 aromatic rings. The topological polar surface area (TPSA) is 58.6 Å². The molecule has 0 unspecified atom stereocenters. The zero-order valence-electron chi connectivity index (χ0n) is 15.8. The number of hydrogen-bond acceptors (Lipinski definition) is 3. The van der Waals surface area contributed by atoms with Crippen LogP contribution in [0.4, 0.5) is 5.69 Å². The third kappa shape index (κ3) is 4.85. The van der Waals surface area contributed by atoms with Gasteiger partial charge in [0.15, 0.2) is 0 Å². The van der Waals surface area contributed by atoms with Crippen molar-refractivity contribution >= 4 is 17.5 Å². The van der Waals surface area contributed by atoms with Gasteiger partial charge in [-0.05, 0) is 42.7 Å². The van der Waals surface area contributed by atoms with Crippen LogP contribution in [0.3, 0.4) is 0 Å². The Morgan fingerprint density at radius 2 is 1.73 bits per heavy atom. The second kappa shape index (κ2) is 9.04. The molecule has 0 saturated carbocycles.